The normalized spacial score (nSPS) is 19.4. The summed E-state index contributed by atoms with van der Waals surface area (Å²) in [4.78, 5) is 38.9. The molecular formula is C18H21N3O5S. The predicted octanol–water partition coefficient (Wildman–Crippen LogP) is 0.315. The van der Waals surface area contributed by atoms with Crippen LogP contribution in [0.1, 0.15) is 23.7 Å². The van der Waals surface area contributed by atoms with Gasteiger partial charge in [-0.1, -0.05) is 30.3 Å². The van der Waals surface area contributed by atoms with Crippen LogP contribution in [0.2, 0.25) is 0 Å². The maximum Gasteiger partial charge on any atom is 0.328 e. The molecular weight excluding hydrogens is 370 g/mol. The highest BCUT2D eigenvalue weighted by Gasteiger charge is 2.32. The Bertz CT molecular complexity index is 1030. The summed E-state index contributed by atoms with van der Waals surface area (Å²) in [7, 11) is -3.35. The van der Waals surface area contributed by atoms with Crippen LogP contribution in [0.15, 0.2) is 52.2 Å². The highest BCUT2D eigenvalue weighted by molar-refractivity contribution is 7.91. The first kappa shape index (κ1) is 19.1. The van der Waals surface area contributed by atoms with Crippen LogP contribution in [0.4, 0.5) is 0 Å². The van der Waals surface area contributed by atoms with E-state index in [4.69, 9.17) is 0 Å². The van der Waals surface area contributed by atoms with Crippen molar-refractivity contribution < 1.29 is 13.2 Å². The van der Waals surface area contributed by atoms with Crippen molar-refractivity contribution in [2.75, 3.05) is 18.8 Å². The van der Waals surface area contributed by atoms with E-state index in [0.29, 0.717) is 13.0 Å². The van der Waals surface area contributed by atoms with Crippen molar-refractivity contribution >= 4 is 15.7 Å². The van der Waals surface area contributed by atoms with Gasteiger partial charge in [0.05, 0.1) is 11.0 Å². The Morgan fingerprint density at radius 2 is 1.85 bits per heavy atom. The summed E-state index contributed by atoms with van der Waals surface area (Å²) in [6, 6.07) is 10.3. The maximum absolute atomic E-state index is 12.6. The van der Waals surface area contributed by atoms with Gasteiger partial charge in [0.25, 0.3) is 5.56 Å². The highest BCUT2D eigenvalue weighted by atomic mass is 32.2. The number of amides is 1. The first-order valence-corrected chi connectivity index (χ1v) is 10.4. The van der Waals surface area contributed by atoms with Gasteiger partial charge in [-0.05, 0) is 12.0 Å². The number of aromatic nitrogens is 2. The number of rotatable bonds is 4. The third-order valence-corrected chi connectivity index (χ3v) is 6.85. The molecule has 0 unspecified atom stereocenters. The molecule has 1 atom stereocenters. The van der Waals surface area contributed by atoms with E-state index in [1.54, 1.807) is 24.3 Å². The van der Waals surface area contributed by atoms with Gasteiger partial charge in [0.1, 0.15) is 0 Å². The standard InChI is InChI=1S/C18H21N3O5S/c22-16-7-10-21(18(24)19-16)11-8-17(23)20-9-6-15(27(25,26)13-12-20)14-4-2-1-3-5-14/h1-5,7,10,15H,6,8-9,11-13H2,(H,19,22,24)/t15-/m1/s1. The second-order valence-corrected chi connectivity index (χ2v) is 8.79. The fraction of sp³-hybridized carbons (Fsp3) is 0.389. The SMILES string of the molecule is O=C(CCn1ccc(=O)[nH]c1=O)N1CC[C@H](c2ccccc2)S(=O)(=O)CC1. The molecule has 0 saturated carbocycles. The van der Waals surface area contributed by atoms with Gasteiger partial charge in [0.15, 0.2) is 9.84 Å². The van der Waals surface area contributed by atoms with Crippen molar-refractivity contribution in [1.82, 2.24) is 14.5 Å². The molecule has 1 aliphatic rings. The molecule has 8 nitrogen and oxygen atoms in total. The van der Waals surface area contributed by atoms with Crippen LogP contribution in [0.25, 0.3) is 0 Å². The summed E-state index contributed by atoms with van der Waals surface area (Å²) in [5, 5.41) is -0.613. The zero-order chi connectivity index (χ0) is 19.4. The predicted molar refractivity (Wildman–Crippen MR) is 100 cm³/mol. The Kier molecular flexibility index (Phi) is 5.59. The molecule has 2 heterocycles. The van der Waals surface area contributed by atoms with E-state index in [9.17, 15) is 22.8 Å². The molecule has 1 N–H and O–H groups in total. The topological polar surface area (TPSA) is 109 Å². The summed E-state index contributed by atoms with van der Waals surface area (Å²) >= 11 is 0. The second-order valence-electron chi connectivity index (χ2n) is 6.49. The van der Waals surface area contributed by atoms with Gasteiger partial charge in [0.2, 0.25) is 5.91 Å². The van der Waals surface area contributed by atoms with Gasteiger partial charge in [-0.15, -0.1) is 0 Å². The average molecular weight is 391 g/mol. The van der Waals surface area contributed by atoms with E-state index in [0.717, 1.165) is 5.56 Å². The summed E-state index contributed by atoms with van der Waals surface area (Å²) in [6.07, 6.45) is 1.74. The smallest absolute Gasteiger partial charge is 0.328 e. The number of aryl methyl sites for hydroxylation is 1. The minimum atomic E-state index is -3.35. The van der Waals surface area contributed by atoms with Crippen molar-refractivity contribution in [3.8, 4) is 0 Å². The molecule has 27 heavy (non-hydrogen) atoms. The Balaban J connectivity index is 1.67. The van der Waals surface area contributed by atoms with Crippen LogP contribution in [0.3, 0.4) is 0 Å². The minimum Gasteiger partial charge on any atom is -0.342 e. The molecule has 1 aromatic carbocycles. The van der Waals surface area contributed by atoms with E-state index >= 15 is 0 Å². The molecule has 3 rings (SSSR count). The van der Waals surface area contributed by atoms with E-state index in [-0.39, 0.29) is 31.2 Å². The molecule has 0 aliphatic carbocycles. The molecule has 0 bridgehead atoms. The van der Waals surface area contributed by atoms with Gasteiger partial charge in [-0.25, -0.2) is 13.2 Å². The van der Waals surface area contributed by atoms with Crippen LogP contribution < -0.4 is 11.2 Å². The van der Waals surface area contributed by atoms with Crippen molar-refractivity contribution in [2.45, 2.75) is 24.6 Å². The van der Waals surface area contributed by atoms with E-state index < -0.39 is 26.3 Å². The molecule has 0 radical (unpaired) electrons. The number of sulfone groups is 1. The lowest BCUT2D eigenvalue weighted by Crippen LogP contribution is -2.35. The number of carbonyl (C=O) groups is 1. The monoisotopic (exact) mass is 391 g/mol. The summed E-state index contributed by atoms with van der Waals surface area (Å²) in [6.45, 7) is 0.614. The number of nitrogens with zero attached hydrogens (tertiary/aromatic N) is 2. The van der Waals surface area contributed by atoms with Crippen molar-refractivity contribution in [3.63, 3.8) is 0 Å². The Morgan fingerprint density at radius 1 is 1.11 bits per heavy atom. The molecule has 2 aromatic rings. The number of nitrogens with one attached hydrogen (secondary N) is 1. The number of aromatic amines is 1. The van der Waals surface area contributed by atoms with Gasteiger partial charge in [-0.3, -0.25) is 14.6 Å². The lowest BCUT2D eigenvalue weighted by Gasteiger charge is -2.20. The van der Waals surface area contributed by atoms with Gasteiger partial charge in [0, 0.05) is 38.3 Å². The molecule has 1 aromatic heterocycles. The first-order chi connectivity index (χ1) is 12.9. The van der Waals surface area contributed by atoms with E-state index in [1.807, 2.05) is 6.07 Å². The molecule has 1 aliphatic heterocycles. The second kappa shape index (κ2) is 7.91. The van der Waals surface area contributed by atoms with Crippen molar-refractivity contribution in [3.05, 3.63) is 69.0 Å². The van der Waals surface area contributed by atoms with Crippen LogP contribution in [0.5, 0.6) is 0 Å². The fourth-order valence-corrected chi connectivity index (χ4v) is 5.03. The highest BCUT2D eigenvalue weighted by Crippen LogP contribution is 2.29. The minimum absolute atomic E-state index is 0.0575. The molecule has 1 saturated heterocycles. The van der Waals surface area contributed by atoms with E-state index in [1.165, 1.54) is 21.7 Å². The summed E-state index contributed by atoms with van der Waals surface area (Å²) < 4.78 is 26.5. The van der Waals surface area contributed by atoms with Gasteiger partial charge in [-0.2, -0.15) is 0 Å². The molecule has 144 valence electrons. The lowest BCUT2D eigenvalue weighted by atomic mass is 10.1. The quantitative estimate of drug-likeness (QED) is 0.807. The summed E-state index contributed by atoms with van der Waals surface area (Å²) in [5.41, 5.74) is -0.322. The molecule has 0 spiro atoms. The summed E-state index contributed by atoms with van der Waals surface area (Å²) in [5.74, 6) is -0.298. The van der Waals surface area contributed by atoms with Crippen LogP contribution in [-0.4, -0.2) is 47.6 Å². The van der Waals surface area contributed by atoms with Crippen LogP contribution in [0, 0.1) is 0 Å². The Labute approximate surface area is 156 Å². The van der Waals surface area contributed by atoms with Crippen molar-refractivity contribution in [1.29, 1.82) is 0 Å². The van der Waals surface area contributed by atoms with Crippen LogP contribution in [-0.2, 0) is 21.2 Å². The molecule has 1 fully saturated rings. The number of hydrogen-bond donors (Lipinski definition) is 1. The van der Waals surface area contributed by atoms with Crippen LogP contribution >= 0.6 is 0 Å². The third-order valence-electron chi connectivity index (χ3n) is 4.73. The van der Waals surface area contributed by atoms with E-state index in [2.05, 4.69) is 4.98 Å². The first-order valence-electron chi connectivity index (χ1n) is 8.71. The zero-order valence-corrected chi connectivity index (χ0v) is 15.5. The maximum atomic E-state index is 12.6. The zero-order valence-electron chi connectivity index (χ0n) is 14.7. The number of carbonyl (C=O) groups excluding carboxylic acids is 1. The van der Waals surface area contributed by atoms with Crippen molar-refractivity contribution in [2.24, 2.45) is 0 Å². The largest absolute Gasteiger partial charge is 0.342 e. The lowest BCUT2D eigenvalue weighted by molar-refractivity contribution is -0.131. The Morgan fingerprint density at radius 3 is 2.56 bits per heavy atom. The van der Waals surface area contributed by atoms with Gasteiger partial charge >= 0.3 is 5.69 Å². The van der Waals surface area contributed by atoms with Gasteiger partial charge < -0.3 is 9.47 Å². The number of H-pyrrole nitrogens is 1. The molecule has 9 heteroatoms. The Hall–Kier alpha value is -2.68. The number of hydrogen-bond acceptors (Lipinski definition) is 5. The average Bonchev–Trinajstić information content (AvgIpc) is 2.79. The molecule has 1 amide bonds. The fourth-order valence-electron chi connectivity index (χ4n) is 3.23. The third kappa shape index (κ3) is 4.54. The number of benzene rings is 1.